The van der Waals surface area contributed by atoms with Crippen molar-refractivity contribution in [3.05, 3.63) is 23.8 Å². The lowest BCUT2D eigenvalue weighted by Crippen LogP contribution is -2.38. The van der Waals surface area contributed by atoms with Crippen LogP contribution in [0.2, 0.25) is 0 Å². The molecule has 1 aromatic carbocycles. The maximum atomic E-state index is 12.2. The van der Waals surface area contributed by atoms with Gasteiger partial charge in [0.15, 0.2) is 0 Å². The highest BCUT2D eigenvalue weighted by Gasteiger charge is 2.24. The zero-order valence-electron chi connectivity index (χ0n) is 11.4. The zero-order valence-corrected chi connectivity index (χ0v) is 12.2. The Bertz CT molecular complexity index is 627. The predicted octanol–water partition coefficient (Wildman–Crippen LogP) is 0.476. The van der Waals surface area contributed by atoms with E-state index in [4.69, 9.17) is 5.11 Å². The number of sulfonamides is 1. The number of hydrogen-bond acceptors (Lipinski definition) is 4. The summed E-state index contributed by atoms with van der Waals surface area (Å²) in [4.78, 5) is 11.4. The second kappa shape index (κ2) is 5.51. The molecular weight excluding hydrogens is 280 g/mol. The van der Waals surface area contributed by atoms with Crippen LogP contribution in [0.3, 0.4) is 0 Å². The highest BCUT2D eigenvalue weighted by molar-refractivity contribution is 7.89. The van der Waals surface area contributed by atoms with Gasteiger partial charge in [-0.2, -0.15) is 0 Å². The number of aliphatic hydroxyl groups excluding tert-OH is 1. The van der Waals surface area contributed by atoms with Crippen LogP contribution in [0.15, 0.2) is 23.1 Å². The van der Waals surface area contributed by atoms with E-state index >= 15 is 0 Å². The maximum absolute atomic E-state index is 12.2. The van der Waals surface area contributed by atoms with Gasteiger partial charge in [0.1, 0.15) is 0 Å². The molecule has 1 aliphatic rings. The highest BCUT2D eigenvalue weighted by Crippen LogP contribution is 2.25. The third-order valence-electron chi connectivity index (χ3n) is 3.49. The largest absolute Gasteiger partial charge is 0.396 e. The Kier molecular flexibility index (Phi) is 4.12. The van der Waals surface area contributed by atoms with E-state index in [2.05, 4.69) is 10.0 Å². The first-order valence-corrected chi connectivity index (χ1v) is 7.88. The van der Waals surface area contributed by atoms with E-state index in [1.165, 1.54) is 12.1 Å². The van der Waals surface area contributed by atoms with Gasteiger partial charge in [0, 0.05) is 18.3 Å². The number of hydrogen-bond donors (Lipinski definition) is 3. The maximum Gasteiger partial charge on any atom is 0.240 e. The molecule has 0 spiro atoms. The molecule has 20 heavy (non-hydrogen) atoms. The first kappa shape index (κ1) is 15.0. The van der Waals surface area contributed by atoms with Crippen molar-refractivity contribution < 1.29 is 18.3 Å². The van der Waals surface area contributed by atoms with Crippen molar-refractivity contribution in [2.45, 2.75) is 31.2 Å². The SMILES string of the molecule is CC(CO)C(C)NS(=O)(=O)c1ccc2c(c1)CC(=O)N2. The van der Waals surface area contributed by atoms with Crippen LogP contribution in [0.1, 0.15) is 19.4 Å². The smallest absolute Gasteiger partial charge is 0.240 e. The van der Waals surface area contributed by atoms with Gasteiger partial charge in [-0.05, 0) is 36.6 Å². The second-order valence-corrected chi connectivity index (χ2v) is 6.83. The van der Waals surface area contributed by atoms with Gasteiger partial charge in [-0.15, -0.1) is 0 Å². The molecule has 0 aliphatic carbocycles. The van der Waals surface area contributed by atoms with Gasteiger partial charge in [0.25, 0.3) is 0 Å². The molecule has 7 heteroatoms. The molecule has 0 fully saturated rings. The lowest BCUT2D eigenvalue weighted by atomic mass is 10.1. The quantitative estimate of drug-likeness (QED) is 0.736. The Labute approximate surface area is 118 Å². The number of carbonyl (C=O) groups excluding carboxylic acids is 1. The topological polar surface area (TPSA) is 95.5 Å². The van der Waals surface area contributed by atoms with Crippen molar-refractivity contribution in [1.82, 2.24) is 4.72 Å². The molecule has 3 N–H and O–H groups in total. The van der Waals surface area contributed by atoms with Gasteiger partial charge < -0.3 is 10.4 Å². The van der Waals surface area contributed by atoms with Crippen molar-refractivity contribution in [2.75, 3.05) is 11.9 Å². The highest BCUT2D eigenvalue weighted by atomic mass is 32.2. The van der Waals surface area contributed by atoms with E-state index in [1.807, 2.05) is 0 Å². The van der Waals surface area contributed by atoms with Crippen molar-refractivity contribution in [3.63, 3.8) is 0 Å². The van der Waals surface area contributed by atoms with Gasteiger partial charge in [0.2, 0.25) is 15.9 Å². The number of aliphatic hydroxyl groups is 1. The molecule has 0 saturated heterocycles. The predicted molar refractivity (Wildman–Crippen MR) is 74.8 cm³/mol. The molecule has 1 aromatic rings. The van der Waals surface area contributed by atoms with Crippen LogP contribution in [0.25, 0.3) is 0 Å². The molecule has 110 valence electrons. The normalized spacial score (nSPS) is 17.4. The first-order valence-electron chi connectivity index (χ1n) is 6.39. The number of benzene rings is 1. The monoisotopic (exact) mass is 298 g/mol. The standard InChI is InChI=1S/C13H18N2O4S/c1-8(7-16)9(2)15-20(18,19)11-3-4-12-10(5-11)6-13(17)14-12/h3-5,8-9,15-16H,6-7H2,1-2H3,(H,14,17). The zero-order chi connectivity index (χ0) is 14.9. The minimum Gasteiger partial charge on any atom is -0.396 e. The van der Waals surface area contributed by atoms with Crippen LogP contribution in [-0.2, 0) is 21.2 Å². The molecule has 1 amide bonds. The van der Waals surface area contributed by atoms with Gasteiger partial charge >= 0.3 is 0 Å². The number of rotatable bonds is 5. The van der Waals surface area contributed by atoms with E-state index in [-0.39, 0.29) is 35.8 Å². The summed E-state index contributed by atoms with van der Waals surface area (Å²) in [5.41, 5.74) is 1.34. The summed E-state index contributed by atoms with van der Waals surface area (Å²) in [7, 11) is -3.65. The fourth-order valence-corrected chi connectivity index (χ4v) is 3.36. The molecule has 0 aromatic heterocycles. The van der Waals surface area contributed by atoms with Crippen LogP contribution in [0.5, 0.6) is 0 Å². The minimum atomic E-state index is -3.65. The summed E-state index contributed by atoms with van der Waals surface area (Å²) in [5.74, 6) is -0.313. The Morgan fingerprint density at radius 3 is 2.75 bits per heavy atom. The van der Waals surface area contributed by atoms with E-state index < -0.39 is 10.0 Å². The number of anilines is 1. The lowest BCUT2D eigenvalue weighted by Gasteiger charge is -2.19. The molecule has 0 bridgehead atoms. The summed E-state index contributed by atoms with van der Waals surface area (Å²) in [6, 6.07) is 4.18. The van der Waals surface area contributed by atoms with E-state index in [1.54, 1.807) is 19.9 Å². The lowest BCUT2D eigenvalue weighted by molar-refractivity contribution is -0.115. The number of nitrogens with one attached hydrogen (secondary N) is 2. The molecule has 2 atom stereocenters. The summed E-state index contributed by atoms with van der Waals surface area (Å²) in [6.07, 6.45) is 0.196. The van der Waals surface area contributed by atoms with E-state index in [0.29, 0.717) is 11.3 Å². The Morgan fingerprint density at radius 1 is 1.40 bits per heavy atom. The van der Waals surface area contributed by atoms with E-state index in [9.17, 15) is 13.2 Å². The van der Waals surface area contributed by atoms with Crippen LogP contribution in [-0.4, -0.2) is 32.1 Å². The second-order valence-electron chi connectivity index (χ2n) is 5.11. The summed E-state index contributed by atoms with van der Waals surface area (Å²) >= 11 is 0. The van der Waals surface area contributed by atoms with Crippen molar-refractivity contribution in [2.24, 2.45) is 5.92 Å². The number of fused-ring (bicyclic) bond motifs is 1. The Hall–Kier alpha value is -1.44. The summed E-state index contributed by atoms with van der Waals surface area (Å²) in [6.45, 7) is 3.38. The Morgan fingerprint density at radius 2 is 2.10 bits per heavy atom. The molecule has 0 radical (unpaired) electrons. The molecule has 6 nitrogen and oxygen atoms in total. The van der Waals surface area contributed by atoms with Gasteiger partial charge in [-0.25, -0.2) is 13.1 Å². The van der Waals surface area contributed by atoms with Crippen molar-refractivity contribution in [1.29, 1.82) is 0 Å². The van der Waals surface area contributed by atoms with Crippen LogP contribution < -0.4 is 10.0 Å². The Balaban J connectivity index is 2.23. The van der Waals surface area contributed by atoms with Crippen LogP contribution >= 0.6 is 0 Å². The fraction of sp³-hybridized carbons (Fsp3) is 0.462. The molecule has 2 rings (SSSR count). The summed E-state index contributed by atoms with van der Waals surface area (Å²) < 4.78 is 27.0. The number of amides is 1. The van der Waals surface area contributed by atoms with Crippen LogP contribution in [0.4, 0.5) is 5.69 Å². The molecular formula is C13H18N2O4S. The molecule has 2 unspecified atom stereocenters. The van der Waals surface area contributed by atoms with Gasteiger partial charge in [0.05, 0.1) is 11.3 Å². The molecule has 1 heterocycles. The van der Waals surface area contributed by atoms with Crippen LogP contribution in [0, 0.1) is 5.92 Å². The molecule has 1 aliphatic heterocycles. The van der Waals surface area contributed by atoms with Crippen molar-refractivity contribution in [3.8, 4) is 0 Å². The fourth-order valence-electron chi connectivity index (χ4n) is 1.96. The minimum absolute atomic E-state index is 0.0910. The summed E-state index contributed by atoms with van der Waals surface area (Å²) in [5, 5.41) is 11.7. The van der Waals surface area contributed by atoms with Crippen molar-refractivity contribution >= 4 is 21.6 Å². The van der Waals surface area contributed by atoms with Gasteiger partial charge in [-0.1, -0.05) is 6.92 Å². The third kappa shape index (κ3) is 3.00. The molecule has 0 saturated carbocycles. The first-order chi connectivity index (χ1) is 9.33. The number of carbonyl (C=O) groups is 1. The van der Waals surface area contributed by atoms with Gasteiger partial charge in [-0.3, -0.25) is 4.79 Å². The average molecular weight is 298 g/mol. The van der Waals surface area contributed by atoms with E-state index in [0.717, 1.165) is 0 Å². The third-order valence-corrected chi connectivity index (χ3v) is 5.05. The average Bonchev–Trinajstić information content (AvgIpc) is 2.76.